The van der Waals surface area contributed by atoms with Crippen molar-refractivity contribution in [1.82, 2.24) is 9.96 Å². The van der Waals surface area contributed by atoms with E-state index in [-0.39, 0.29) is 29.9 Å². The number of piperazine rings is 1. The second-order valence-corrected chi connectivity index (χ2v) is 11.3. The number of phenolic OH excluding ortho intramolecular Hbond substituents is 1. The maximum atomic E-state index is 13.8. The van der Waals surface area contributed by atoms with Gasteiger partial charge in [-0.15, -0.1) is 0 Å². The van der Waals surface area contributed by atoms with Crippen LogP contribution in [0.3, 0.4) is 0 Å². The lowest BCUT2D eigenvalue weighted by Gasteiger charge is -2.53. The number of nitrogens with zero attached hydrogens (tertiary/aromatic N) is 2. The minimum absolute atomic E-state index is 0.150. The molecular formula is C21H22N2O8S2. The molecule has 0 aromatic heterocycles. The molecule has 0 unspecified atom stereocenters. The number of rotatable bonds is 3. The molecule has 5 saturated heterocycles. The summed E-state index contributed by atoms with van der Waals surface area (Å²) >= 11 is 0. The molecule has 176 valence electrons. The van der Waals surface area contributed by atoms with E-state index in [0.29, 0.717) is 11.3 Å². The number of hydroxylamine groups is 2. The summed E-state index contributed by atoms with van der Waals surface area (Å²) in [6.07, 6.45) is 1.57. The molecule has 6 aliphatic rings. The summed E-state index contributed by atoms with van der Waals surface area (Å²) in [5.41, 5.74) is -0.412. The van der Waals surface area contributed by atoms with Crippen LogP contribution in [0.15, 0.2) is 24.3 Å². The van der Waals surface area contributed by atoms with E-state index < -0.39 is 39.9 Å². The Morgan fingerprint density at radius 3 is 2.73 bits per heavy atom. The third kappa shape index (κ3) is 2.58. The molecule has 12 heteroatoms. The van der Waals surface area contributed by atoms with Gasteiger partial charge in [0.25, 0.3) is 11.8 Å². The fraction of sp³-hybridized carbons (Fsp3) is 0.524. The first-order chi connectivity index (χ1) is 15.8. The zero-order valence-electron chi connectivity index (χ0n) is 18.0. The SMILES string of the molecule is COc1ccc([C@H]2SS[C@@]34C[C@]56O[C@H]5C=C[C@@H](O)[C@@H]6ON3C(=O)[C@@H]2N(C)C4=O)c(O)c1OC. The van der Waals surface area contributed by atoms with Crippen molar-refractivity contribution in [1.29, 1.82) is 0 Å². The molecule has 5 aliphatic heterocycles. The first-order valence-electron chi connectivity index (χ1n) is 10.4. The number of aromatic hydroxyl groups is 1. The zero-order valence-corrected chi connectivity index (χ0v) is 19.6. The van der Waals surface area contributed by atoms with Crippen molar-refractivity contribution >= 4 is 33.4 Å². The topological polar surface area (TPSA) is 121 Å². The Morgan fingerprint density at radius 2 is 2.00 bits per heavy atom. The molecular weight excluding hydrogens is 472 g/mol. The maximum Gasteiger partial charge on any atom is 0.272 e. The lowest BCUT2D eigenvalue weighted by atomic mass is 9.81. The van der Waals surface area contributed by atoms with Crippen LogP contribution in [0.25, 0.3) is 0 Å². The number of phenols is 1. The van der Waals surface area contributed by atoms with Gasteiger partial charge < -0.3 is 29.3 Å². The first kappa shape index (κ1) is 21.4. The first-order valence-corrected chi connectivity index (χ1v) is 12.6. The van der Waals surface area contributed by atoms with Gasteiger partial charge in [-0.3, -0.25) is 14.4 Å². The van der Waals surface area contributed by atoms with Crippen molar-refractivity contribution < 1.29 is 38.9 Å². The molecule has 0 radical (unpaired) electrons. The standard InChI is InChI=1S/C21H22N2O8S2/c1-22-13-16(9-4-6-11(28-2)15(29-3)14(9)25)32-33-21(19(22)27)8-20-12(30-20)7-5-10(24)17(20)31-23(21)18(13)26/h4-7,10,12-13,16-17,24-25H,8H2,1-3H3/t10-,12+,13-,16-,17+,20+,21-/m1/s1. The minimum atomic E-state index is -1.34. The summed E-state index contributed by atoms with van der Waals surface area (Å²) in [7, 11) is 7.03. The van der Waals surface area contributed by atoms with Gasteiger partial charge in [0.15, 0.2) is 11.5 Å². The normalized spacial score (nSPS) is 40.7. The van der Waals surface area contributed by atoms with Crippen LogP contribution in [0.4, 0.5) is 0 Å². The van der Waals surface area contributed by atoms with Crippen LogP contribution in [0.5, 0.6) is 17.2 Å². The molecule has 33 heavy (non-hydrogen) atoms. The number of aliphatic hydroxyl groups excluding tert-OH is 1. The molecule has 2 N–H and O–H groups in total. The van der Waals surface area contributed by atoms with Crippen molar-refractivity contribution in [3.05, 3.63) is 29.8 Å². The highest BCUT2D eigenvalue weighted by Gasteiger charge is 2.77. The van der Waals surface area contributed by atoms with Gasteiger partial charge >= 0.3 is 0 Å². The highest BCUT2D eigenvalue weighted by Crippen LogP contribution is 2.65. The van der Waals surface area contributed by atoms with Gasteiger partial charge in [-0.2, -0.15) is 5.06 Å². The molecule has 2 spiro atoms. The molecule has 5 fully saturated rings. The fourth-order valence-electron chi connectivity index (χ4n) is 5.35. The van der Waals surface area contributed by atoms with E-state index in [9.17, 15) is 19.8 Å². The highest BCUT2D eigenvalue weighted by molar-refractivity contribution is 8.77. The maximum absolute atomic E-state index is 13.8. The fourth-order valence-corrected chi connectivity index (χ4v) is 9.02. The Labute approximate surface area is 197 Å². The number of benzene rings is 1. The lowest BCUT2D eigenvalue weighted by Crippen LogP contribution is -2.74. The number of ether oxygens (including phenoxy) is 3. The summed E-state index contributed by atoms with van der Waals surface area (Å²) in [5.74, 6) is -0.337. The lowest BCUT2D eigenvalue weighted by molar-refractivity contribution is -0.286. The summed E-state index contributed by atoms with van der Waals surface area (Å²) in [4.78, 5) is 33.6. The van der Waals surface area contributed by atoms with E-state index in [1.807, 2.05) is 0 Å². The highest BCUT2D eigenvalue weighted by atomic mass is 33.1. The van der Waals surface area contributed by atoms with Crippen LogP contribution in [0.1, 0.15) is 17.2 Å². The molecule has 1 aromatic rings. The predicted molar refractivity (Wildman–Crippen MR) is 118 cm³/mol. The number of fused-ring (bicyclic) bond motifs is 3. The predicted octanol–water partition coefficient (Wildman–Crippen LogP) is 0.983. The van der Waals surface area contributed by atoms with E-state index in [1.54, 1.807) is 31.3 Å². The van der Waals surface area contributed by atoms with Crippen LogP contribution < -0.4 is 9.47 Å². The van der Waals surface area contributed by atoms with E-state index in [4.69, 9.17) is 19.0 Å². The number of methoxy groups -OCH3 is 2. The van der Waals surface area contributed by atoms with Gasteiger partial charge in [0.2, 0.25) is 10.6 Å². The minimum Gasteiger partial charge on any atom is -0.504 e. The molecule has 7 rings (SSSR count). The molecule has 10 nitrogen and oxygen atoms in total. The van der Waals surface area contributed by atoms with Gasteiger partial charge in [-0.1, -0.05) is 39.8 Å². The number of aliphatic hydroxyl groups is 1. The molecule has 0 saturated carbocycles. The van der Waals surface area contributed by atoms with E-state index in [0.717, 1.165) is 5.06 Å². The number of hydrogen-bond acceptors (Lipinski definition) is 10. The average Bonchev–Trinajstić information content (AvgIpc) is 3.54. The van der Waals surface area contributed by atoms with Crippen molar-refractivity contribution in [2.45, 2.75) is 46.5 Å². The molecule has 5 heterocycles. The largest absolute Gasteiger partial charge is 0.504 e. The second-order valence-electron chi connectivity index (χ2n) is 8.69. The smallest absolute Gasteiger partial charge is 0.272 e. The van der Waals surface area contributed by atoms with Gasteiger partial charge in [-0.05, 0) is 6.07 Å². The van der Waals surface area contributed by atoms with Crippen LogP contribution in [0, 0.1) is 0 Å². The van der Waals surface area contributed by atoms with Gasteiger partial charge in [-0.25, -0.2) is 0 Å². The number of amides is 2. The molecule has 2 amide bonds. The van der Waals surface area contributed by atoms with E-state index in [1.165, 1.54) is 40.7 Å². The van der Waals surface area contributed by atoms with Crippen LogP contribution >= 0.6 is 21.6 Å². The monoisotopic (exact) mass is 494 g/mol. The van der Waals surface area contributed by atoms with Crippen molar-refractivity contribution in [3.63, 3.8) is 0 Å². The Balaban J connectivity index is 1.44. The third-order valence-electron chi connectivity index (χ3n) is 7.07. The molecule has 1 aliphatic carbocycles. The molecule has 7 atom stereocenters. The van der Waals surface area contributed by atoms with Gasteiger partial charge in [0.1, 0.15) is 30.0 Å². The van der Waals surface area contributed by atoms with Crippen LogP contribution in [-0.4, -0.2) is 88.1 Å². The van der Waals surface area contributed by atoms with Crippen molar-refractivity contribution in [2.75, 3.05) is 21.3 Å². The Hall–Kier alpha value is -2.12. The number of hydrogen-bond donors (Lipinski definition) is 2. The van der Waals surface area contributed by atoms with Gasteiger partial charge in [0, 0.05) is 19.0 Å². The Bertz CT molecular complexity index is 1100. The van der Waals surface area contributed by atoms with Crippen molar-refractivity contribution in [3.8, 4) is 17.2 Å². The Kier molecular flexibility index (Phi) is 4.51. The van der Waals surface area contributed by atoms with Gasteiger partial charge in [0.05, 0.1) is 19.5 Å². The summed E-state index contributed by atoms with van der Waals surface area (Å²) < 4.78 is 16.5. The number of likely N-dealkylation sites (N-methyl/N-ethyl adjacent to an activating group) is 1. The third-order valence-corrected chi connectivity index (χ3v) is 10.4. The Morgan fingerprint density at radius 1 is 1.21 bits per heavy atom. The zero-order chi connectivity index (χ0) is 23.3. The van der Waals surface area contributed by atoms with Crippen LogP contribution in [-0.2, 0) is 19.2 Å². The van der Waals surface area contributed by atoms with E-state index >= 15 is 0 Å². The quantitative estimate of drug-likeness (QED) is 0.357. The van der Waals surface area contributed by atoms with Crippen molar-refractivity contribution in [2.24, 2.45) is 0 Å². The van der Waals surface area contributed by atoms with E-state index in [2.05, 4.69) is 0 Å². The van der Waals surface area contributed by atoms with Crippen LogP contribution in [0.2, 0.25) is 0 Å². The average molecular weight is 495 g/mol. The number of epoxide rings is 1. The number of carbonyl (C=O) groups is 2. The second kappa shape index (κ2) is 6.95. The summed E-state index contributed by atoms with van der Waals surface area (Å²) in [5, 5.41) is 22.0. The molecule has 2 bridgehead atoms. The summed E-state index contributed by atoms with van der Waals surface area (Å²) in [6.45, 7) is 0. The molecule has 1 aromatic carbocycles. The number of carbonyl (C=O) groups excluding carboxylic acids is 2. The summed E-state index contributed by atoms with van der Waals surface area (Å²) in [6, 6.07) is 2.39.